The molecule has 0 atom stereocenters. The first kappa shape index (κ1) is 18.7. The molecule has 1 aliphatic rings. The van der Waals surface area contributed by atoms with Crippen molar-refractivity contribution in [1.82, 2.24) is 5.32 Å². The molecule has 3 rings (SSSR count). The van der Waals surface area contributed by atoms with Crippen LogP contribution in [0.5, 0.6) is 11.5 Å². The largest absolute Gasteiger partial charge is 0.490 e. The van der Waals surface area contributed by atoms with Crippen LogP contribution >= 0.6 is 34.8 Å². The summed E-state index contributed by atoms with van der Waals surface area (Å²) in [6.45, 7) is 3.44. The zero-order valence-electron chi connectivity index (χ0n) is 14.0. The highest BCUT2D eigenvalue weighted by Gasteiger charge is 2.21. The van der Waals surface area contributed by atoms with Gasteiger partial charge in [0.05, 0.1) is 11.6 Å². The van der Waals surface area contributed by atoms with Crippen LogP contribution in [0.3, 0.4) is 0 Å². The Kier molecular flexibility index (Phi) is 6.34. The Bertz CT molecular complexity index is 727. The third-order valence-electron chi connectivity index (χ3n) is 3.96. The van der Waals surface area contributed by atoms with Gasteiger partial charge in [0.25, 0.3) is 0 Å². The number of rotatable bonds is 8. The van der Waals surface area contributed by atoms with Crippen LogP contribution in [0.25, 0.3) is 0 Å². The van der Waals surface area contributed by atoms with Crippen LogP contribution in [0.15, 0.2) is 30.3 Å². The van der Waals surface area contributed by atoms with Gasteiger partial charge in [-0.25, -0.2) is 0 Å². The first-order chi connectivity index (χ1) is 12.1. The zero-order chi connectivity index (χ0) is 17.8. The standard InChI is InChI=1S/C19H20Cl3NO2/c1-2-24-18-9-12(10-23-13-6-7-13)8-17(22)19(18)25-11-14-15(20)4-3-5-16(14)21/h3-5,8-9,13,23H,2,6-7,10-11H2,1H3. The smallest absolute Gasteiger partial charge is 0.180 e. The lowest BCUT2D eigenvalue weighted by Crippen LogP contribution is -2.15. The van der Waals surface area contributed by atoms with Crippen LogP contribution in [0.1, 0.15) is 30.9 Å². The third kappa shape index (κ3) is 4.95. The molecule has 0 aromatic heterocycles. The van der Waals surface area contributed by atoms with Crippen LogP contribution < -0.4 is 14.8 Å². The molecule has 2 aromatic rings. The Morgan fingerprint density at radius 1 is 1.04 bits per heavy atom. The minimum absolute atomic E-state index is 0.220. The van der Waals surface area contributed by atoms with Crippen LogP contribution in [0.2, 0.25) is 15.1 Å². The first-order valence-electron chi connectivity index (χ1n) is 8.32. The maximum absolute atomic E-state index is 6.45. The van der Waals surface area contributed by atoms with E-state index in [0.717, 1.165) is 17.7 Å². The van der Waals surface area contributed by atoms with E-state index in [2.05, 4.69) is 5.32 Å². The van der Waals surface area contributed by atoms with Crippen molar-refractivity contribution in [2.75, 3.05) is 6.61 Å². The predicted molar refractivity (Wildman–Crippen MR) is 103 cm³/mol. The highest BCUT2D eigenvalue weighted by atomic mass is 35.5. The van der Waals surface area contributed by atoms with E-state index >= 15 is 0 Å². The summed E-state index contributed by atoms with van der Waals surface area (Å²) in [4.78, 5) is 0. The maximum atomic E-state index is 6.45. The van der Waals surface area contributed by atoms with Gasteiger partial charge in [-0.2, -0.15) is 0 Å². The van der Waals surface area contributed by atoms with E-state index in [0.29, 0.717) is 39.2 Å². The van der Waals surface area contributed by atoms with Crippen LogP contribution in [0.4, 0.5) is 0 Å². The molecule has 0 radical (unpaired) electrons. The van der Waals surface area contributed by atoms with Gasteiger partial charge in [0.2, 0.25) is 0 Å². The summed E-state index contributed by atoms with van der Waals surface area (Å²) in [5.41, 5.74) is 1.80. The molecule has 1 N–H and O–H groups in total. The maximum Gasteiger partial charge on any atom is 0.180 e. The second-order valence-corrected chi connectivity index (χ2v) is 7.20. The van der Waals surface area contributed by atoms with Gasteiger partial charge in [-0.3, -0.25) is 0 Å². The predicted octanol–water partition coefficient (Wildman–Crippen LogP) is 5.88. The van der Waals surface area contributed by atoms with Crippen LogP contribution in [-0.4, -0.2) is 12.6 Å². The molecule has 6 heteroatoms. The van der Waals surface area contributed by atoms with E-state index in [-0.39, 0.29) is 6.61 Å². The Morgan fingerprint density at radius 2 is 1.76 bits per heavy atom. The molecule has 1 fully saturated rings. The Labute approximate surface area is 163 Å². The third-order valence-corrected chi connectivity index (χ3v) is 4.95. The topological polar surface area (TPSA) is 30.5 Å². The molecule has 3 nitrogen and oxygen atoms in total. The minimum atomic E-state index is 0.220. The SMILES string of the molecule is CCOc1cc(CNC2CC2)cc(Cl)c1OCc1c(Cl)cccc1Cl. The lowest BCUT2D eigenvalue weighted by Gasteiger charge is -2.16. The highest BCUT2D eigenvalue weighted by molar-refractivity contribution is 6.36. The van der Waals surface area contributed by atoms with E-state index in [9.17, 15) is 0 Å². The van der Waals surface area contributed by atoms with E-state index in [4.69, 9.17) is 44.3 Å². The molecule has 0 spiro atoms. The molecule has 1 aliphatic carbocycles. The fourth-order valence-corrected chi connectivity index (χ4v) is 3.29. The second kappa shape index (κ2) is 8.50. The first-order valence-corrected chi connectivity index (χ1v) is 9.46. The van der Waals surface area contributed by atoms with Gasteiger partial charge in [0.15, 0.2) is 11.5 Å². The molecule has 0 heterocycles. The summed E-state index contributed by atoms with van der Waals surface area (Å²) in [6, 6.07) is 9.87. The minimum Gasteiger partial charge on any atom is -0.490 e. The van der Waals surface area contributed by atoms with Crippen molar-refractivity contribution in [2.24, 2.45) is 0 Å². The Morgan fingerprint density at radius 3 is 2.40 bits per heavy atom. The van der Waals surface area contributed by atoms with Crippen molar-refractivity contribution in [1.29, 1.82) is 0 Å². The molecule has 2 aromatic carbocycles. The van der Waals surface area contributed by atoms with Crippen LogP contribution in [-0.2, 0) is 13.2 Å². The van der Waals surface area contributed by atoms with Gasteiger partial charge < -0.3 is 14.8 Å². The molecule has 0 amide bonds. The average molecular weight is 401 g/mol. The van der Waals surface area contributed by atoms with E-state index in [1.807, 2.05) is 19.1 Å². The highest BCUT2D eigenvalue weighted by Crippen LogP contribution is 2.38. The van der Waals surface area contributed by atoms with Gasteiger partial charge in [0.1, 0.15) is 6.61 Å². The summed E-state index contributed by atoms with van der Waals surface area (Å²) in [5.74, 6) is 1.14. The summed E-state index contributed by atoms with van der Waals surface area (Å²) in [7, 11) is 0. The van der Waals surface area contributed by atoms with Gasteiger partial charge in [-0.1, -0.05) is 40.9 Å². The molecule has 1 saturated carbocycles. The quantitative estimate of drug-likeness (QED) is 0.600. The molecule has 25 heavy (non-hydrogen) atoms. The van der Waals surface area contributed by atoms with Crippen molar-refractivity contribution in [2.45, 2.75) is 39.0 Å². The molecular formula is C19H20Cl3NO2. The number of benzene rings is 2. The van der Waals surface area contributed by atoms with E-state index in [1.54, 1.807) is 18.2 Å². The number of hydrogen-bond donors (Lipinski definition) is 1. The Hall–Kier alpha value is -1.13. The zero-order valence-corrected chi connectivity index (χ0v) is 16.2. The summed E-state index contributed by atoms with van der Waals surface area (Å²) in [6.07, 6.45) is 2.48. The molecular weight excluding hydrogens is 381 g/mol. The van der Waals surface area contributed by atoms with Crippen molar-refractivity contribution in [3.63, 3.8) is 0 Å². The lowest BCUT2D eigenvalue weighted by atomic mass is 10.2. The van der Waals surface area contributed by atoms with E-state index in [1.165, 1.54) is 12.8 Å². The molecule has 134 valence electrons. The normalized spacial score (nSPS) is 13.8. The van der Waals surface area contributed by atoms with E-state index < -0.39 is 0 Å². The van der Waals surface area contributed by atoms with Crippen molar-refractivity contribution < 1.29 is 9.47 Å². The Balaban J connectivity index is 1.78. The number of hydrogen-bond acceptors (Lipinski definition) is 3. The second-order valence-electron chi connectivity index (χ2n) is 5.98. The number of ether oxygens (including phenoxy) is 2. The molecule has 0 saturated heterocycles. The molecule has 0 unspecified atom stereocenters. The van der Waals surface area contributed by atoms with Gasteiger partial charge in [-0.15, -0.1) is 0 Å². The molecule has 0 bridgehead atoms. The summed E-state index contributed by atoms with van der Waals surface area (Å²) < 4.78 is 11.6. The van der Waals surface area contributed by atoms with Crippen molar-refractivity contribution in [3.8, 4) is 11.5 Å². The fourth-order valence-electron chi connectivity index (χ4n) is 2.49. The number of nitrogens with one attached hydrogen (secondary N) is 1. The average Bonchev–Trinajstić information content (AvgIpc) is 3.39. The fraction of sp³-hybridized carbons (Fsp3) is 0.368. The van der Waals surface area contributed by atoms with Gasteiger partial charge in [0, 0.05) is 28.2 Å². The van der Waals surface area contributed by atoms with Gasteiger partial charge in [-0.05, 0) is 49.6 Å². The lowest BCUT2D eigenvalue weighted by molar-refractivity contribution is 0.269. The monoisotopic (exact) mass is 399 g/mol. The summed E-state index contributed by atoms with van der Waals surface area (Å²) in [5, 5.41) is 5.11. The van der Waals surface area contributed by atoms with Crippen LogP contribution in [0, 0.1) is 0 Å². The summed E-state index contributed by atoms with van der Waals surface area (Å²) >= 11 is 18.9. The molecule has 0 aliphatic heterocycles. The van der Waals surface area contributed by atoms with Crippen molar-refractivity contribution >= 4 is 34.8 Å². The van der Waals surface area contributed by atoms with Gasteiger partial charge >= 0.3 is 0 Å². The van der Waals surface area contributed by atoms with Crippen molar-refractivity contribution in [3.05, 3.63) is 56.5 Å². The number of halogens is 3.